The molecule has 0 fully saturated rings. The van der Waals surface area contributed by atoms with Crippen LogP contribution in [-0.2, 0) is 10.2 Å². The molecule has 0 radical (unpaired) electrons. The minimum Gasteiger partial charge on any atom is -0.340 e. The third kappa shape index (κ3) is 5.64. The minimum atomic E-state index is -0.651. The third-order valence-corrected chi connectivity index (χ3v) is 4.42. The number of aromatic nitrogens is 1. The van der Waals surface area contributed by atoms with Gasteiger partial charge in [0.15, 0.2) is 0 Å². The van der Waals surface area contributed by atoms with Gasteiger partial charge in [0, 0.05) is 11.8 Å². The Balaban J connectivity index is 2.10. The van der Waals surface area contributed by atoms with Crippen molar-refractivity contribution in [3.63, 3.8) is 0 Å². The molecule has 1 atom stereocenters. The van der Waals surface area contributed by atoms with Gasteiger partial charge in [0.05, 0.1) is 0 Å². The van der Waals surface area contributed by atoms with Crippen LogP contribution in [0.4, 0.5) is 5.82 Å². The second-order valence-electron chi connectivity index (χ2n) is 8.23. The molecule has 0 aliphatic rings. The monoisotopic (exact) mass is 367 g/mol. The molecule has 2 amide bonds. The summed E-state index contributed by atoms with van der Waals surface area (Å²) in [6, 6.07) is 10.5. The Morgan fingerprint density at radius 2 is 1.67 bits per heavy atom. The zero-order valence-corrected chi connectivity index (χ0v) is 17.0. The number of nitrogens with one attached hydrogen (secondary N) is 2. The summed E-state index contributed by atoms with van der Waals surface area (Å²) in [7, 11) is 0. The third-order valence-electron chi connectivity index (χ3n) is 4.42. The van der Waals surface area contributed by atoms with E-state index in [1.54, 1.807) is 24.4 Å². The largest absolute Gasteiger partial charge is 0.340 e. The van der Waals surface area contributed by atoms with E-state index in [4.69, 9.17) is 0 Å². The number of carbonyl (C=O) groups excluding carboxylic acids is 2. The summed E-state index contributed by atoms with van der Waals surface area (Å²) in [5, 5.41) is 5.63. The van der Waals surface area contributed by atoms with E-state index < -0.39 is 6.04 Å². The van der Waals surface area contributed by atoms with Crippen molar-refractivity contribution >= 4 is 17.6 Å². The highest BCUT2D eigenvalue weighted by atomic mass is 16.2. The van der Waals surface area contributed by atoms with Crippen LogP contribution in [-0.4, -0.2) is 22.8 Å². The lowest BCUT2D eigenvalue weighted by molar-refractivity contribution is -0.118. The maximum absolute atomic E-state index is 12.7. The summed E-state index contributed by atoms with van der Waals surface area (Å²) >= 11 is 0. The van der Waals surface area contributed by atoms with Crippen LogP contribution in [0.3, 0.4) is 0 Å². The van der Waals surface area contributed by atoms with Crippen molar-refractivity contribution in [1.82, 2.24) is 10.3 Å². The SMILES string of the molecule is Cc1ccnc(NC(=O)[C@@H](NC(=O)c2ccc(C(C)(C)C)cc2)C(C)C)c1. The quantitative estimate of drug-likeness (QED) is 0.836. The van der Waals surface area contributed by atoms with Crippen LogP contribution >= 0.6 is 0 Å². The highest BCUT2D eigenvalue weighted by Crippen LogP contribution is 2.22. The Bertz CT molecular complexity index is 805. The van der Waals surface area contributed by atoms with Crippen LogP contribution < -0.4 is 10.6 Å². The fourth-order valence-corrected chi connectivity index (χ4v) is 2.69. The molecule has 27 heavy (non-hydrogen) atoms. The van der Waals surface area contributed by atoms with Crippen LogP contribution in [0.1, 0.15) is 56.1 Å². The second-order valence-corrected chi connectivity index (χ2v) is 8.23. The molecular formula is C22H29N3O2. The van der Waals surface area contributed by atoms with Gasteiger partial charge in [0.25, 0.3) is 5.91 Å². The number of hydrogen-bond donors (Lipinski definition) is 2. The minimum absolute atomic E-state index is 0.0240. The van der Waals surface area contributed by atoms with Gasteiger partial charge in [-0.05, 0) is 53.6 Å². The molecule has 1 aromatic heterocycles. The fourth-order valence-electron chi connectivity index (χ4n) is 2.69. The molecule has 0 spiro atoms. The van der Waals surface area contributed by atoms with E-state index in [0.29, 0.717) is 11.4 Å². The number of benzene rings is 1. The lowest BCUT2D eigenvalue weighted by atomic mass is 9.86. The van der Waals surface area contributed by atoms with Gasteiger partial charge in [-0.1, -0.05) is 46.8 Å². The van der Waals surface area contributed by atoms with Crippen molar-refractivity contribution in [3.8, 4) is 0 Å². The number of anilines is 1. The second kappa shape index (κ2) is 8.33. The lowest BCUT2D eigenvalue weighted by Gasteiger charge is -2.22. The van der Waals surface area contributed by atoms with Crippen molar-refractivity contribution in [1.29, 1.82) is 0 Å². The van der Waals surface area contributed by atoms with E-state index in [1.165, 1.54) is 0 Å². The average molecular weight is 367 g/mol. The van der Waals surface area contributed by atoms with Gasteiger partial charge in [0.1, 0.15) is 11.9 Å². The molecule has 1 aromatic carbocycles. The van der Waals surface area contributed by atoms with Crippen molar-refractivity contribution in [3.05, 3.63) is 59.3 Å². The Labute approximate surface area is 161 Å². The normalized spacial score (nSPS) is 12.6. The number of aryl methyl sites for hydroxylation is 1. The average Bonchev–Trinajstić information content (AvgIpc) is 2.58. The Morgan fingerprint density at radius 1 is 1.04 bits per heavy atom. The van der Waals surface area contributed by atoms with Gasteiger partial charge >= 0.3 is 0 Å². The molecular weight excluding hydrogens is 338 g/mol. The molecule has 0 saturated heterocycles. The molecule has 0 aliphatic heterocycles. The van der Waals surface area contributed by atoms with Gasteiger partial charge in [0.2, 0.25) is 5.91 Å². The van der Waals surface area contributed by atoms with Crippen LogP contribution in [0, 0.1) is 12.8 Å². The highest BCUT2D eigenvalue weighted by molar-refractivity contribution is 6.01. The van der Waals surface area contributed by atoms with Crippen LogP contribution in [0.15, 0.2) is 42.6 Å². The smallest absolute Gasteiger partial charge is 0.251 e. The molecule has 1 heterocycles. The molecule has 2 N–H and O–H groups in total. The number of pyridine rings is 1. The summed E-state index contributed by atoms with van der Waals surface area (Å²) in [4.78, 5) is 29.4. The number of rotatable bonds is 5. The van der Waals surface area contributed by atoms with Gasteiger partial charge in [-0.2, -0.15) is 0 Å². The van der Waals surface area contributed by atoms with E-state index in [9.17, 15) is 9.59 Å². The zero-order valence-electron chi connectivity index (χ0n) is 17.0. The first-order valence-corrected chi connectivity index (χ1v) is 9.23. The molecule has 144 valence electrons. The maximum atomic E-state index is 12.7. The summed E-state index contributed by atoms with van der Waals surface area (Å²) in [6.45, 7) is 12.1. The van der Waals surface area contributed by atoms with Crippen LogP contribution in [0.5, 0.6) is 0 Å². The molecule has 0 unspecified atom stereocenters. The number of hydrogen-bond acceptors (Lipinski definition) is 3. The molecule has 5 heteroatoms. The topological polar surface area (TPSA) is 71.1 Å². The van der Waals surface area contributed by atoms with E-state index in [0.717, 1.165) is 11.1 Å². The first-order valence-electron chi connectivity index (χ1n) is 9.23. The van der Waals surface area contributed by atoms with E-state index in [1.807, 2.05) is 39.0 Å². The molecule has 0 bridgehead atoms. The van der Waals surface area contributed by atoms with Gasteiger partial charge < -0.3 is 10.6 Å². The van der Waals surface area contributed by atoms with Crippen molar-refractivity contribution in [2.75, 3.05) is 5.32 Å². The molecule has 5 nitrogen and oxygen atoms in total. The lowest BCUT2D eigenvalue weighted by Crippen LogP contribution is -2.47. The summed E-state index contributed by atoms with van der Waals surface area (Å²) in [5.74, 6) is -0.119. The predicted octanol–water partition coefficient (Wildman–Crippen LogP) is 4.08. The van der Waals surface area contributed by atoms with Crippen molar-refractivity contribution < 1.29 is 9.59 Å². The van der Waals surface area contributed by atoms with Crippen LogP contribution in [0.25, 0.3) is 0 Å². The highest BCUT2D eigenvalue weighted by Gasteiger charge is 2.25. The molecule has 0 aliphatic carbocycles. The predicted molar refractivity (Wildman–Crippen MR) is 109 cm³/mol. The maximum Gasteiger partial charge on any atom is 0.251 e. The van der Waals surface area contributed by atoms with E-state index in [2.05, 4.69) is 36.4 Å². The summed E-state index contributed by atoms with van der Waals surface area (Å²) in [6.07, 6.45) is 1.64. The Kier molecular flexibility index (Phi) is 6.37. The fraction of sp³-hybridized carbons (Fsp3) is 0.409. The number of carbonyl (C=O) groups is 2. The molecule has 0 saturated carbocycles. The first-order chi connectivity index (χ1) is 12.6. The van der Waals surface area contributed by atoms with Crippen molar-refractivity contribution in [2.45, 2.75) is 53.0 Å². The van der Waals surface area contributed by atoms with E-state index in [-0.39, 0.29) is 23.1 Å². The number of nitrogens with zero attached hydrogens (tertiary/aromatic N) is 1. The number of amides is 2. The first kappa shape index (κ1) is 20.6. The summed E-state index contributed by atoms with van der Waals surface area (Å²) < 4.78 is 0. The Hall–Kier alpha value is -2.69. The van der Waals surface area contributed by atoms with Crippen LogP contribution in [0.2, 0.25) is 0 Å². The molecule has 2 rings (SSSR count). The van der Waals surface area contributed by atoms with Gasteiger partial charge in [-0.3, -0.25) is 9.59 Å². The van der Waals surface area contributed by atoms with E-state index >= 15 is 0 Å². The standard InChI is InChI=1S/C22H29N3O2/c1-14(2)19(21(27)24-18-13-15(3)11-12-23-18)25-20(26)16-7-9-17(10-8-16)22(4,5)6/h7-14,19H,1-6H3,(H,25,26)(H,23,24,27)/t19-/m0/s1. The molecule has 2 aromatic rings. The Morgan fingerprint density at radius 3 is 2.19 bits per heavy atom. The van der Waals surface area contributed by atoms with Gasteiger partial charge in [-0.15, -0.1) is 0 Å². The van der Waals surface area contributed by atoms with Crippen molar-refractivity contribution in [2.24, 2.45) is 5.92 Å². The zero-order chi connectivity index (χ0) is 20.2. The summed E-state index contributed by atoms with van der Waals surface area (Å²) in [5.41, 5.74) is 2.72. The van der Waals surface area contributed by atoms with Gasteiger partial charge in [-0.25, -0.2) is 4.98 Å².